The Balaban J connectivity index is 1.54. The van der Waals surface area contributed by atoms with E-state index in [4.69, 9.17) is 22.1 Å². The first-order valence-corrected chi connectivity index (χ1v) is 10.1. The molecule has 1 unspecified atom stereocenters. The Hall–Kier alpha value is -3.01. The minimum atomic E-state index is -2.79. The molecule has 1 atom stereocenters. The molecule has 1 saturated carbocycles. The van der Waals surface area contributed by atoms with Crippen LogP contribution >= 0.6 is 11.6 Å². The number of halogens is 3. The SMILES string of the molecule is NC(=O)C(NC(=O)c1cnc(N2CC(F)(F)C2)c(OCC2CC2)n1)c1ccc(Cl)cc1. The van der Waals surface area contributed by atoms with Gasteiger partial charge in [0.1, 0.15) is 6.04 Å². The molecule has 0 bridgehead atoms. The zero-order valence-electron chi connectivity index (χ0n) is 16.4. The fraction of sp³-hybridized carbons (Fsp3) is 0.400. The maximum absolute atomic E-state index is 13.3. The third kappa shape index (κ3) is 5.01. The van der Waals surface area contributed by atoms with Crippen molar-refractivity contribution in [3.8, 4) is 5.88 Å². The summed E-state index contributed by atoms with van der Waals surface area (Å²) in [5, 5.41) is 2.98. The van der Waals surface area contributed by atoms with Gasteiger partial charge in [0, 0.05) is 5.02 Å². The minimum absolute atomic E-state index is 0.0113. The number of alkyl halides is 2. The second kappa shape index (κ2) is 8.26. The maximum atomic E-state index is 13.3. The molecule has 1 aromatic heterocycles. The number of carbonyl (C=O) groups excluding carboxylic acids is 2. The van der Waals surface area contributed by atoms with Crippen molar-refractivity contribution in [2.75, 3.05) is 24.6 Å². The number of nitrogens with one attached hydrogen (secondary N) is 1. The zero-order chi connectivity index (χ0) is 22.2. The molecule has 0 radical (unpaired) electrons. The lowest BCUT2D eigenvalue weighted by Gasteiger charge is -2.39. The summed E-state index contributed by atoms with van der Waals surface area (Å²) in [4.78, 5) is 34.3. The van der Waals surface area contributed by atoms with Crippen LogP contribution in [-0.2, 0) is 4.79 Å². The second-order valence-corrected chi connectivity index (χ2v) is 8.15. The summed E-state index contributed by atoms with van der Waals surface area (Å²) in [6.07, 6.45) is 3.20. The molecule has 1 aromatic carbocycles. The first kappa shape index (κ1) is 21.2. The molecule has 2 heterocycles. The fourth-order valence-corrected chi connectivity index (χ4v) is 3.24. The van der Waals surface area contributed by atoms with Gasteiger partial charge in [0.05, 0.1) is 25.9 Å². The summed E-state index contributed by atoms with van der Waals surface area (Å²) in [5.74, 6) is -3.71. The van der Waals surface area contributed by atoms with Crippen LogP contribution in [0.4, 0.5) is 14.6 Å². The van der Waals surface area contributed by atoms with Crippen LogP contribution in [0.1, 0.15) is 34.9 Å². The molecule has 1 saturated heterocycles. The van der Waals surface area contributed by atoms with E-state index in [2.05, 4.69) is 15.3 Å². The Labute approximate surface area is 181 Å². The number of hydrogen-bond donors (Lipinski definition) is 2. The third-order valence-corrected chi connectivity index (χ3v) is 5.27. The van der Waals surface area contributed by atoms with E-state index >= 15 is 0 Å². The number of primary amides is 1. The number of amides is 2. The second-order valence-electron chi connectivity index (χ2n) is 7.71. The van der Waals surface area contributed by atoms with Crippen molar-refractivity contribution in [2.24, 2.45) is 11.7 Å². The average Bonchev–Trinajstić information content (AvgIpc) is 3.53. The van der Waals surface area contributed by atoms with Crippen molar-refractivity contribution in [1.29, 1.82) is 0 Å². The van der Waals surface area contributed by atoms with Gasteiger partial charge in [0.2, 0.25) is 5.91 Å². The van der Waals surface area contributed by atoms with Gasteiger partial charge in [-0.05, 0) is 36.5 Å². The number of carbonyl (C=O) groups is 2. The van der Waals surface area contributed by atoms with Gasteiger partial charge in [-0.25, -0.2) is 18.7 Å². The first-order chi connectivity index (χ1) is 14.7. The van der Waals surface area contributed by atoms with Gasteiger partial charge in [-0.15, -0.1) is 0 Å². The molecule has 3 N–H and O–H groups in total. The van der Waals surface area contributed by atoms with Crippen molar-refractivity contribution < 1.29 is 23.1 Å². The molecule has 1 aliphatic carbocycles. The molecule has 164 valence electrons. The van der Waals surface area contributed by atoms with Gasteiger partial charge < -0.3 is 20.7 Å². The molecule has 0 spiro atoms. The number of anilines is 1. The number of aromatic nitrogens is 2. The number of rotatable bonds is 8. The first-order valence-electron chi connectivity index (χ1n) is 9.70. The Kier molecular flexibility index (Phi) is 5.65. The number of hydrogen-bond acceptors (Lipinski definition) is 6. The number of benzene rings is 1. The van der Waals surface area contributed by atoms with Gasteiger partial charge in [0.15, 0.2) is 11.5 Å². The van der Waals surface area contributed by atoms with E-state index in [0.29, 0.717) is 23.1 Å². The van der Waals surface area contributed by atoms with Crippen LogP contribution in [0.25, 0.3) is 0 Å². The van der Waals surface area contributed by atoms with Gasteiger partial charge >= 0.3 is 0 Å². The van der Waals surface area contributed by atoms with Crippen LogP contribution in [0, 0.1) is 5.92 Å². The lowest BCUT2D eigenvalue weighted by molar-refractivity contribution is -0.120. The molecule has 2 fully saturated rings. The van der Waals surface area contributed by atoms with Crippen molar-refractivity contribution in [2.45, 2.75) is 24.8 Å². The molecule has 1 aliphatic heterocycles. The Morgan fingerprint density at radius 1 is 1.29 bits per heavy atom. The van der Waals surface area contributed by atoms with Crippen LogP contribution in [-0.4, -0.2) is 47.4 Å². The van der Waals surface area contributed by atoms with Crippen molar-refractivity contribution in [1.82, 2.24) is 15.3 Å². The third-order valence-electron chi connectivity index (χ3n) is 5.01. The fourth-order valence-electron chi connectivity index (χ4n) is 3.11. The van der Waals surface area contributed by atoms with Crippen molar-refractivity contribution >= 4 is 29.2 Å². The summed E-state index contributed by atoms with van der Waals surface area (Å²) >= 11 is 5.86. The van der Waals surface area contributed by atoms with E-state index in [0.717, 1.165) is 19.0 Å². The Morgan fingerprint density at radius 2 is 1.97 bits per heavy atom. The van der Waals surface area contributed by atoms with Crippen LogP contribution < -0.4 is 20.7 Å². The highest BCUT2D eigenvalue weighted by Gasteiger charge is 2.46. The highest BCUT2D eigenvalue weighted by molar-refractivity contribution is 6.30. The maximum Gasteiger partial charge on any atom is 0.282 e. The summed E-state index contributed by atoms with van der Waals surface area (Å²) in [5.41, 5.74) is 5.76. The van der Waals surface area contributed by atoms with E-state index in [1.165, 1.54) is 4.90 Å². The van der Waals surface area contributed by atoms with Crippen molar-refractivity contribution in [3.63, 3.8) is 0 Å². The van der Waals surface area contributed by atoms with E-state index in [9.17, 15) is 18.4 Å². The van der Waals surface area contributed by atoms with E-state index < -0.39 is 36.9 Å². The molecule has 2 amide bonds. The number of nitrogens with two attached hydrogens (primary N) is 1. The predicted octanol–water partition coefficient (Wildman–Crippen LogP) is 2.33. The summed E-state index contributed by atoms with van der Waals surface area (Å²) in [6.45, 7) is -0.619. The molecule has 31 heavy (non-hydrogen) atoms. The smallest absolute Gasteiger partial charge is 0.282 e. The quantitative estimate of drug-likeness (QED) is 0.637. The molecular formula is C20H20ClF2N5O3. The molecule has 2 aliphatic rings. The highest BCUT2D eigenvalue weighted by atomic mass is 35.5. The molecule has 4 rings (SSSR count). The van der Waals surface area contributed by atoms with Crippen LogP contribution in [0.2, 0.25) is 5.02 Å². The minimum Gasteiger partial charge on any atom is -0.475 e. The normalized spacial score (nSPS) is 18.1. The monoisotopic (exact) mass is 451 g/mol. The lowest BCUT2D eigenvalue weighted by atomic mass is 10.1. The van der Waals surface area contributed by atoms with E-state index in [1.807, 2.05) is 0 Å². The van der Waals surface area contributed by atoms with Crippen LogP contribution in [0.5, 0.6) is 5.88 Å². The van der Waals surface area contributed by atoms with Gasteiger partial charge in [-0.2, -0.15) is 0 Å². The summed E-state index contributed by atoms with van der Waals surface area (Å²) in [6, 6.07) is 5.17. The zero-order valence-corrected chi connectivity index (χ0v) is 17.1. The van der Waals surface area contributed by atoms with Crippen molar-refractivity contribution in [3.05, 3.63) is 46.7 Å². The van der Waals surface area contributed by atoms with Crippen LogP contribution in [0.3, 0.4) is 0 Å². The molecular weight excluding hydrogens is 432 g/mol. The van der Waals surface area contributed by atoms with Gasteiger partial charge in [0.25, 0.3) is 17.7 Å². The Morgan fingerprint density at radius 3 is 2.55 bits per heavy atom. The highest BCUT2D eigenvalue weighted by Crippen LogP contribution is 2.36. The lowest BCUT2D eigenvalue weighted by Crippen LogP contribution is -2.56. The van der Waals surface area contributed by atoms with Gasteiger partial charge in [-0.1, -0.05) is 23.7 Å². The van der Waals surface area contributed by atoms with E-state index in [1.54, 1.807) is 24.3 Å². The summed E-state index contributed by atoms with van der Waals surface area (Å²) < 4.78 is 32.3. The molecule has 8 nitrogen and oxygen atoms in total. The Bertz CT molecular complexity index is 993. The van der Waals surface area contributed by atoms with Crippen LogP contribution in [0.15, 0.2) is 30.5 Å². The number of ether oxygens (including phenoxy) is 1. The number of nitrogens with zero attached hydrogens (tertiary/aromatic N) is 3. The summed E-state index contributed by atoms with van der Waals surface area (Å²) in [7, 11) is 0. The predicted molar refractivity (Wildman–Crippen MR) is 108 cm³/mol. The topological polar surface area (TPSA) is 110 Å². The van der Waals surface area contributed by atoms with Gasteiger partial charge in [-0.3, -0.25) is 9.59 Å². The molecule has 2 aromatic rings. The molecule has 11 heteroatoms. The standard InChI is InChI=1S/C20H20ClF2N5O3/c21-13-5-3-12(4-6-13)15(16(24)29)27-18(30)14-7-25-17(28-9-20(22,23)10-28)19(26-14)31-8-11-1-2-11/h3-7,11,15H,1-2,8-10H2,(H2,24,29)(H,27,30). The largest absolute Gasteiger partial charge is 0.475 e. The van der Waals surface area contributed by atoms with E-state index in [-0.39, 0.29) is 17.4 Å². The average molecular weight is 452 g/mol.